The summed E-state index contributed by atoms with van der Waals surface area (Å²) >= 11 is 0. The largest absolute Gasteiger partial charge is 0.480 e. The second-order valence-corrected chi connectivity index (χ2v) is 8.41. The Labute approximate surface area is 187 Å². The maximum absolute atomic E-state index is 12.7. The van der Waals surface area contributed by atoms with E-state index in [0.29, 0.717) is 12.8 Å². The first kappa shape index (κ1) is 28.9. The maximum atomic E-state index is 12.7. The molecule has 0 fully saturated rings. The molecule has 0 unspecified atom stereocenters. The summed E-state index contributed by atoms with van der Waals surface area (Å²) in [6.07, 6.45) is 11.2. The van der Waals surface area contributed by atoms with Crippen molar-refractivity contribution in [1.82, 2.24) is 10.6 Å². The molecule has 3 atom stereocenters. The van der Waals surface area contributed by atoms with Crippen LogP contribution in [0.4, 0.5) is 0 Å². The van der Waals surface area contributed by atoms with E-state index in [1.54, 1.807) is 0 Å². The molecule has 0 aliphatic carbocycles. The monoisotopic (exact) mass is 441 g/mol. The van der Waals surface area contributed by atoms with Gasteiger partial charge in [0.05, 0.1) is 0 Å². The minimum Gasteiger partial charge on any atom is -0.480 e. The Hall–Kier alpha value is -2.12. The smallest absolute Gasteiger partial charge is 0.326 e. The molecule has 8 heteroatoms. The van der Waals surface area contributed by atoms with Crippen LogP contribution in [0.15, 0.2) is 0 Å². The van der Waals surface area contributed by atoms with Crippen molar-refractivity contribution in [3.05, 3.63) is 0 Å². The lowest BCUT2D eigenvalue weighted by Gasteiger charge is -2.25. The van der Waals surface area contributed by atoms with Crippen LogP contribution in [0.25, 0.3) is 0 Å². The quantitative estimate of drug-likeness (QED) is 0.228. The van der Waals surface area contributed by atoms with Gasteiger partial charge in [0.25, 0.3) is 0 Å². The van der Waals surface area contributed by atoms with Gasteiger partial charge in [-0.15, -0.1) is 0 Å². The van der Waals surface area contributed by atoms with Crippen LogP contribution in [0.2, 0.25) is 0 Å². The van der Waals surface area contributed by atoms with Crippen LogP contribution in [0.5, 0.6) is 0 Å². The third-order valence-corrected chi connectivity index (χ3v) is 5.61. The lowest BCUT2D eigenvalue weighted by atomic mass is 9.97. The second-order valence-electron chi connectivity index (χ2n) is 8.41. The molecule has 5 N–H and O–H groups in total. The van der Waals surface area contributed by atoms with Gasteiger partial charge in [0.1, 0.15) is 12.1 Å². The fourth-order valence-corrected chi connectivity index (χ4v) is 3.35. The second kappa shape index (κ2) is 17.5. The van der Waals surface area contributed by atoms with Gasteiger partial charge in [0.15, 0.2) is 0 Å². The van der Waals surface area contributed by atoms with Crippen molar-refractivity contribution in [2.75, 3.05) is 0 Å². The van der Waals surface area contributed by atoms with E-state index in [2.05, 4.69) is 17.6 Å². The highest BCUT2D eigenvalue weighted by atomic mass is 16.4. The van der Waals surface area contributed by atoms with Gasteiger partial charge >= 0.3 is 5.97 Å². The molecule has 0 aromatic heterocycles. The van der Waals surface area contributed by atoms with E-state index in [1.165, 1.54) is 38.5 Å². The first-order valence-corrected chi connectivity index (χ1v) is 11.8. The summed E-state index contributed by atoms with van der Waals surface area (Å²) in [5, 5.41) is 14.5. The van der Waals surface area contributed by atoms with Gasteiger partial charge in [-0.1, -0.05) is 78.6 Å². The van der Waals surface area contributed by atoms with Gasteiger partial charge in [-0.25, -0.2) is 4.79 Å². The Kier molecular flexibility index (Phi) is 16.3. The van der Waals surface area contributed by atoms with Crippen LogP contribution >= 0.6 is 0 Å². The summed E-state index contributed by atoms with van der Waals surface area (Å²) in [5.74, 6) is -2.77. The molecule has 0 rings (SSSR count). The van der Waals surface area contributed by atoms with Gasteiger partial charge in [0, 0.05) is 12.8 Å². The minimum atomic E-state index is -1.24. The van der Waals surface area contributed by atoms with Gasteiger partial charge < -0.3 is 21.5 Å². The first-order valence-electron chi connectivity index (χ1n) is 11.8. The number of carbonyl (C=O) groups is 4. The van der Waals surface area contributed by atoms with E-state index < -0.39 is 29.9 Å². The predicted octanol–water partition coefficient (Wildman–Crippen LogP) is 3.27. The lowest BCUT2D eigenvalue weighted by molar-refractivity contribution is -0.142. The molecule has 8 nitrogen and oxygen atoms in total. The van der Waals surface area contributed by atoms with Crippen molar-refractivity contribution < 1.29 is 24.3 Å². The molecule has 0 aromatic carbocycles. The van der Waals surface area contributed by atoms with Crippen LogP contribution in [0.1, 0.15) is 104 Å². The average molecular weight is 442 g/mol. The number of rotatable bonds is 19. The fraction of sp³-hybridized carbons (Fsp3) is 0.826. The van der Waals surface area contributed by atoms with Gasteiger partial charge in [0.2, 0.25) is 17.7 Å². The van der Waals surface area contributed by atoms with Crippen molar-refractivity contribution in [3.63, 3.8) is 0 Å². The third kappa shape index (κ3) is 14.5. The van der Waals surface area contributed by atoms with Crippen LogP contribution < -0.4 is 16.4 Å². The number of primary amides is 1. The average Bonchev–Trinajstić information content (AvgIpc) is 2.72. The Morgan fingerprint density at radius 3 is 1.87 bits per heavy atom. The predicted molar refractivity (Wildman–Crippen MR) is 121 cm³/mol. The van der Waals surface area contributed by atoms with Crippen LogP contribution in [-0.4, -0.2) is 40.9 Å². The number of nitrogens with two attached hydrogens (primary N) is 1. The first-order chi connectivity index (χ1) is 14.7. The van der Waals surface area contributed by atoms with Crippen LogP contribution in [0, 0.1) is 5.92 Å². The molecular formula is C23H43N3O5. The zero-order valence-electron chi connectivity index (χ0n) is 19.6. The molecular weight excluding hydrogens is 398 g/mol. The summed E-state index contributed by atoms with van der Waals surface area (Å²) in [5.41, 5.74) is 5.07. The number of carboxylic acid groups (broad SMARTS) is 1. The molecule has 0 aromatic rings. The summed E-state index contributed by atoms with van der Waals surface area (Å²) in [6.45, 7) is 5.94. The number of nitrogens with one attached hydrogen (secondary N) is 2. The summed E-state index contributed by atoms with van der Waals surface area (Å²) in [7, 11) is 0. The molecule has 0 aliphatic heterocycles. The third-order valence-electron chi connectivity index (χ3n) is 5.61. The number of amides is 3. The molecule has 0 saturated heterocycles. The highest BCUT2D eigenvalue weighted by Gasteiger charge is 2.29. The number of aliphatic carboxylic acids is 1. The molecule has 0 bridgehead atoms. The van der Waals surface area contributed by atoms with Gasteiger partial charge in [-0.3, -0.25) is 14.4 Å². The normalized spacial score (nSPS) is 13.8. The maximum Gasteiger partial charge on any atom is 0.326 e. The fourth-order valence-electron chi connectivity index (χ4n) is 3.35. The van der Waals surface area contributed by atoms with Gasteiger partial charge in [-0.2, -0.15) is 0 Å². The van der Waals surface area contributed by atoms with E-state index >= 15 is 0 Å². The molecule has 0 spiro atoms. The Morgan fingerprint density at radius 2 is 1.39 bits per heavy atom. The number of carbonyl (C=O) groups excluding carboxylic acids is 3. The number of carboxylic acids is 1. The molecule has 0 radical (unpaired) electrons. The van der Waals surface area contributed by atoms with Crippen molar-refractivity contribution >= 4 is 23.7 Å². The van der Waals surface area contributed by atoms with Crippen molar-refractivity contribution in [2.24, 2.45) is 11.7 Å². The highest BCUT2D eigenvalue weighted by molar-refractivity contribution is 5.90. The standard InChI is InChI=1S/C23H43N3O5/c1-4-6-7-8-9-10-11-12-13-14-20(28)26-21(17(3)5-2)22(29)25-18(23(30)31)15-16-19(24)27/h17-18,21H,4-16H2,1-3H3,(H2,24,27)(H,25,29)(H,26,28)(H,30,31)/t17-,18-,21-/m0/s1. The Bertz CT molecular complexity index is 553. The van der Waals surface area contributed by atoms with E-state index in [0.717, 1.165) is 19.3 Å². The van der Waals surface area contributed by atoms with Crippen LogP contribution in [0.3, 0.4) is 0 Å². The molecule has 31 heavy (non-hydrogen) atoms. The van der Waals surface area contributed by atoms with Crippen molar-refractivity contribution in [2.45, 2.75) is 116 Å². The molecule has 0 saturated carbocycles. The van der Waals surface area contributed by atoms with E-state index in [-0.39, 0.29) is 24.7 Å². The summed E-state index contributed by atoms with van der Waals surface area (Å²) in [6, 6.07) is -2.03. The van der Waals surface area contributed by atoms with E-state index in [9.17, 15) is 24.3 Å². The van der Waals surface area contributed by atoms with Crippen molar-refractivity contribution in [1.29, 1.82) is 0 Å². The molecule has 0 aliphatic rings. The Morgan fingerprint density at radius 1 is 0.839 bits per heavy atom. The number of unbranched alkanes of at least 4 members (excludes halogenated alkanes) is 8. The number of hydrogen-bond acceptors (Lipinski definition) is 4. The molecule has 3 amide bonds. The zero-order chi connectivity index (χ0) is 23.6. The van der Waals surface area contributed by atoms with Crippen LogP contribution in [-0.2, 0) is 19.2 Å². The number of hydrogen-bond donors (Lipinski definition) is 4. The van der Waals surface area contributed by atoms with E-state index in [1.807, 2.05) is 13.8 Å². The minimum absolute atomic E-state index is 0.0873. The molecule has 0 heterocycles. The zero-order valence-corrected chi connectivity index (χ0v) is 19.6. The molecule has 180 valence electrons. The van der Waals surface area contributed by atoms with Crippen molar-refractivity contribution in [3.8, 4) is 0 Å². The van der Waals surface area contributed by atoms with Gasteiger partial charge in [-0.05, 0) is 18.8 Å². The highest BCUT2D eigenvalue weighted by Crippen LogP contribution is 2.12. The Balaban J connectivity index is 4.47. The SMILES string of the molecule is CCCCCCCCCCCC(=O)N[C@H](C(=O)N[C@@H](CCC(N)=O)C(=O)O)[C@@H](C)CC. The summed E-state index contributed by atoms with van der Waals surface area (Å²) < 4.78 is 0. The van der Waals surface area contributed by atoms with E-state index in [4.69, 9.17) is 5.73 Å². The topological polar surface area (TPSA) is 139 Å². The lowest BCUT2D eigenvalue weighted by Crippen LogP contribution is -2.54. The summed E-state index contributed by atoms with van der Waals surface area (Å²) in [4.78, 5) is 47.3.